The number of likely N-dealkylation sites (tertiary alicyclic amines) is 1. The number of nitrogens with zero attached hydrogens (tertiary/aromatic N) is 1. The van der Waals surface area contributed by atoms with Crippen molar-refractivity contribution in [3.63, 3.8) is 0 Å². The van der Waals surface area contributed by atoms with Crippen molar-refractivity contribution < 1.29 is 19.4 Å². The molecule has 2 unspecified atom stereocenters. The zero-order chi connectivity index (χ0) is 17.5. The lowest BCUT2D eigenvalue weighted by atomic mass is 10.1. The molecule has 0 spiro atoms. The minimum atomic E-state index is -0.490. The molecule has 1 saturated heterocycles. The molecular weight excluding hydrogens is 308 g/mol. The molecule has 1 aromatic carbocycles. The number of amides is 1. The maximum Gasteiger partial charge on any atom is 0.337 e. The highest BCUT2D eigenvalue weighted by atomic mass is 16.5. The summed E-state index contributed by atoms with van der Waals surface area (Å²) >= 11 is 0. The van der Waals surface area contributed by atoms with Gasteiger partial charge in [-0.3, -0.25) is 4.79 Å². The fourth-order valence-electron chi connectivity index (χ4n) is 3.01. The van der Waals surface area contributed by atoms with Gasteiger partial charge in [0.15, 0.2) is 0 Å². The first-order valence-corrected chi connectivity index (χ1v) is 8.36. The number of ether oxygens (including phenoxy) is 1. The lowest BCUT2D eigenvalue weighted by Crippen LogP contribution is -2.39. The number of aliphatic hydroxyl groups excluding tert-OH is 1. The van der Waals surface area contributed by atoms with Crippen LogP contribution in [0, 0.1) is 0 Å². The molecule has 1 heterocycles. The first-order chi connectivity index (χ1) is 11.5. The van der Waals surface area contributed by atoms with Gasteiger partial charge in [0.25, 0.3) is 0 Å². The van der Waals surface area contributed by atoms with E-state index in [0.717, 1.165) is 24.9 Å². The van der Waals surface area contributed by atoms with Crippen LogP contribution in [0.5, 0.6) is 0 Å². The maximum atomic E-state index is 11.8. The maximum absolute atomic E-state index is 11.8. The Morgan fingerprint density at radius 1 is 1.42 bits per heavy atom. The zero-order valence-corrected chi connectivity index (χ0v) is 14.3. The molecule has 6 nitrogen and oxygen atoms in total. The van der Waals surface area contributed by atoms with Crippen molar-refractivity contribution in [2.75, 3.05) is 20.2 Å². The van der Waals surface area contributed by atoms with E-state index in [-0.39, 0.29) is 17.9 Å². The number of rotatable bonds is 8. The highest BCUT2D eigenvalue weighted by Crippen LogP contribution is 2.21. The molecule has 0 bridgehead atoms. The van der Waals surface area contributed by atoms with Gasteiger partial charge in [0.2, 0.25) is 5.91 Å². The van der Waals surface area contributed by atoms with Crippen molar-refractivity contribution in [2.24, 2.45) is 0 Å². The molecule has 0 radical (unpaired) electrons. The summed E-state index contributed by atoms with van der Waals surface area (Å²) in [6.45, 7) is 3.63. The molecule has 1 aliphatic rings. The number of carbonyl (C=O) groups excluding carboxylic acids is 2. The van der Waals surface area contributed by atoms with E-state index < -0.39 is 6.10 Å². The second-order valence-corrected chi connectivity index (χ2v) is 6.24. The quantitative estimate of drug-likeness (QED) is 0.554. The summed E-state index contributed by atoms with van der Waals surface area (Å²) in [6, 6.07) is 7.52. The molecule has 24 heavy (non-hydrogen) atoms. The van der Waals surface area contributed by atoms with Crippen molar-refractivity contribution in [3.05, 3.63) is 35.4 Å². The smallest absolute Gasteiger partial charge is 0.337 e. The first kappa shape index (κ1) is 18.4. The normalized spacial score (nSPS) is 18.7. The van der Waals surface area contributed by atoms with Crippen LogP contribution >= 0.6 is 0 Å². The minimum absolute atomic E-state index is 0.138. The van der Waals surface area contributed by atoms with Gasteiger partial charge in [-0.25, -0.2) is 4.79 Å². The Balaban J connectivity index is 1.74. The van der Waals surface area contributed by atoms with Crippen LogP contribution in [-0.4, -0.2) is 54.2 Å². The summed E-state index contributed by atoms with van der Waals surface area (Å²) in [5.41, 5.74) is 1.63. The van der Waals surface area contributed by atoms with Crippen LogP contribution in [0.2, 0.25) is 0 Å². The van der Waals surface area contributed by atoms with Gasteiger partial charge in [0.1, 0.15) is 0 Å². The average Bonchev–Trinajstić information content (AvgIpc) is 2.91. The Morgan fingerprint density at radius 3 is 2.75 bits per heavy atom. The standard InChI is InChI=1S/C18H26N2O4/c1-13(21)12-20-16(7-8-17(20)22)9-10-19-11-14-3-5-15(6-4-14)18(23)24-2/h3-6,13,16,19,21H,7-12H2,1-2H3. The Hall–Kier alpha value is -1.92. The van der Waals surface area contributed by atoms with Gasteiger partial charge in [0, 0.05) is 25.6 Å². The van der Waals surface area contributed by atoms with Gasteiger partial charge in [0.05, 0.1) is 18.8 Å². The van der Waals surface area contributed by atoms with Crippen LogP contribution < -0.4 is 5.32 Å². The van der Waals surface area contributed by atoms with Crippen molar-refractivity contribution in [2.45, 2.75) is 44.9 Å². The molecular formula is C18H26N2O4. The van der Waals surface area contributed by atoms with Crippen LogP contribution in [0.15, 0.2) is 24.3 Å². The van der Waals surface area contributed by atoms with Crippen LogP contribution in [0.3, 0.4) is 0 Å². The van der Waals surface area contributed by atoms with E-state index >= 15 is 0 Å². The number of aliphatic hydroxyl groups is 1. The molecule has 0 aliphatic carbocycles. The van der Waals surface area contributed by atoms with E-state index in [1.54, 1.807) is 24.0 Å². The van der Waals surface area contributed by atoms with Crippen molar-refractivity contribution in [1.82, 2.24) is 10.2 Å². The molecule has 2 rings (SSSR count). The monoisotopic (exact) mass is 334 g/mol. The summed E-state index contributed by atoms with van der Waals surface area (Å²) < 4.78 is 4.67. The topological polar surface area (TPSA) is 78.9 Å². The van der Waals surface area contributed by atoms with E-state index in [9.17, 15) is 14.7 Å². The molecule has 6 heteroatoms. The third-order valence-electron chi connectivity index (χ3n) is 4.27. The Morgan fingerprint density at radius 2 is 2.12 bits per heavy atom. The summed E-state index contributed by atoms with van der Waals surface area (Å²) in [5.74, 6) is -0.196. The van der Waals surface area contributed by atoms with Gasteiger partial charge < -0.3 is 20.1 Å². The van der Waals surface area contributed by atoms with Gasteiger partial charge in [-0.2, -0.15) is 0 Å². The van der Waals surface area contributed by atoms with Gasteiger partial charge >= 0.3 is 5.97 Å². The number of carbonyl (C=O) groups is 2. The molecule has 0 aromatic heterocycles. The minimum Gasteiger partial charge on any atom is -0.465 e. The molecule has 2 atom stereocenters. The molecule has 1 aliphatic heterocycles. The van der Waals surface area contributed by atoms with Crippen molar-refractivity contribution in [1.29, 1.82) is 0 Å². The fourth-order valence-corrected chi connectivity index (χ4v) is 3.01. The number of hydrogen-bond donors (Lipinski definition) is 2. The molecule has 1 fully saturated rings. The van der Waals surface area contributed by atoms with Crippen LogP contribution in [0.4, 0.5) is 0 Å². The Bertz CT molecular complexity index is 557. The van der Waals surface area contributed by atoms with Gasteiger partial charge in [-0.05, 0) is 44.0 Å². The third-order valence-corrected chi connectivity index (χ3v) is 4.27. The second kappa shape index (κ2) is 8.80. The summed E-state index contributed by atoms with van der Waals surface area (Å²) in [6.07, 6.45) is 1.82. The van der Waals surface area contributed by atoms with E-state index in [4.69, 9.17) is 0 Å². The Kier molecular flexibility index (Phi) is 6.75. The lowest BCUT2D eigenvalue weighted by Gasteiger charge is -2.26. The summed E-state index contributed by atoms with van der Waals surface area (Å²) in [7, 11) is 1.37. The second-order valence-electron chi connectivity index (χ2n) is 6.24. The SMILES string of the molecule is COC(=O)c1ccc(CNCCC2CCC(=O)N2CC(C)O)cc1. The third kappa shape index (κ3) is 5.04. The highest BCUT2D eigenvalue weighted by molar-refractivity contribution is 5.89. The largest absolute Gasteiger partial charge is 0.465 e. The first-order valence-electron chi connectivity index (χ1n) is 8.36. The molecule has 0 saturated carbocycles. The van der Waals surface area contributed by atoms with Gasteiger partial charge in [-0.1, -0.05) is 12.1 Å². The van der Waals surface area contributed by atoms with E-state index in [0.29, 0.717) is 25.1 Å². The predicted octanol–water partition coefficient (Wildman–Crippen LogP) is 1.32. The number of nitrogens with one attached hydrogen (secondary N) is 1. The van der Waals surface area contributed by atoms with E-state index in [1.165, 1.54) is 7.11 Å². The van der Waals surface area contributed by atoms with Crippen molar-refractivity contribution >= 4 is 11.9 Å². The highest BCUT2D eigenvalue weighted by Gasteiger charge is 2.30. The van der Waals surface area contributed by atoms with E-state index in [1.807, 2.05) is 12.1 Å². The summed E-state index contributed by atoms with van der Waals surface area (Å²) in [4.78, 5) is 25.0. The number of methoxy groups -OCH3 is 1. The van der Waals surface area contributed by atoms with E-state index in [2.05, 4.69) is 10.1 Å². The summed E-state index contributed by atoms with van der Waals surface area (Å²) in [5, 5.41) is 12.9. The number of benzene rings is 1. The molecule has 1 aromatic rings. The molecule has 1 amide bonds. The predicted molar refractivity (Wildman–Crippen MR) is 90.5 cm³/mol. The van der Waals surface area contributed by atoms with Crippen LogP contribution in [-0.2, 0) is 16.1 Å². The lowest BCUT2D eigenvalue weighted by molar-refractivity contribution is -0.130. The van der Waals surface area contributed by atoms with Gasteiger partial charge in [-0.15, -0.1) is 0 Å². The Labute approximate surface area is 142 Å². The van der Waals surface area contributed by atoms with Crippen LogP contribution in [0.1, 0.15) is 42.1 Å². The fraction of sp³-hybridized carbons (Fsp3) is 0.556. The zero-order valence-electron chi connectivity index (χ0n) is 14.3. The average molecular weight is 334 g/mol. The number of esters is 1. The molecule has 132 valence electrons. The van der Waals surface area contributed by atoms with Crippen molar-refractivity contribution in [3.8, 4) is 0 Å². The number of β-amino-alcohol motifs (C(OH)–C–C–N with tert-alkyl or cyclic N) is 1. The van der Waals surface area contributed by atoms with Crippen LogP contribution in [0.25, 0.3) is 0 Å². The molecule has 2 N–H and O–H groups in total. The number of hydrogen-bond acceptors (Lipinski definition) is 5.